The molecule has 1 aliphatic rings. The van der Waals surface area contributed by atoms with Gasteiger partial charge in [0.1, 0.15) is 12.4 Å². The highest BCUT2D eigenvalue weighted by molar-refractivity contribution is 5.97. The Labute approximate surface area is 82.2 Å². The molecule has 0 unspecified atom stereocenters. The molecule has 1 amide bonds. The number of ether oxygens (including phenoxy) is 1. The topological polar surface area (TPSA) is 52.3 Å². The lowest BCUT2D eigenvalue weighted by molar-refractivity contribution is -0.114. The van der Waals surface area contributed by atoms with Crippen molar-refractivity contribution in [2.24, 2.45) is 5.73 Å². The summed E-state index contributed by atoms with van der Waals surface area (Å²) in [7, 11) is 0. The zero-order valence-corrected chi connectivity index (χ0v) is 7.91. The number of benzene rings is 1. The SMILES string of the molecule is Cc1ccc2c(c1)C=C(C(N)=O)CO2. The third-order valence-corrected chi connectivity index (χ3v) is 2.19. The molecule has 3 nitrogen and oxygen atoms in total. The van der Waals surface area contributed by atoms with Crippen LogP contribution in [0.15, 0.2) is 23.8 Å². The first-order valence-electron chi connectivity index (χ1n) is 4.40. The molecule has 0 saturated heterocycles. The van der Waals surface area contributed by atoms with E-state index in [1.807, 2.05) is 25.1 Å². The molecule has 0 spiro atoms. The summed E-state index contributed by atoms with van der Waals surface area (Å²) in [4.78, 5) is 10.9. The van der Waals surface area contributed by atoms with E-state index in [1.54, 1.807) is 6.08 Å². The Hall–Kier alpha value is -1.77. The number of carbonyl (C=O) groups excluding carboxylic acids is 1. The molecule has 0 saturated carbocycles. The molecule has 0 aromatic heterocycles. The minimum atomic E-state index is -0.419. The minimum Gasteiger partial charge on any atom is -0.488 e. The van der Waals surface area contributed by atoms with Crippen molar-refractivity contribution in [3.63, 3.8) is 0 Å². The number of rotatable bonds is 1. The van der Waals surface area contributed by atoms with Crippen molar-refractivity contribution in [3.05, 3.63) is 34.9 Å². The summed E-state index contributed by atoms with van der Waals surface area (Å²) in [6.07, 6.45) is 1.79. The number of carbonyl (C=O) groups is 1. The number of nitrogens with two attached hydrogens (primary N) is 1. The highest BCUT2D eigenvalue weighted by Crippen LogP contribution is 2.26. The fourth-order valence-electron chi connectivity index (χ4n) is 1.44. The van der Waals surface area contributed by atoms with Crippen molar-refractivity contribution < 1.29 is 9.53 Å². The van der Waals surface area contributed by atoms with Gasteiger partial charge in [0.05, 0.1) is 5.57 Å². The van der Waals surface area contributed by atoms with E-state index in [4.69, 9.17) is 10.5 Å². The van der Waals surface area contributed by atoms with Gasteiger partial charge in [-0.05, 0) is 25.1 Å². The zero-order chi connectivity index (χ0) is 10.1. The molecule has 0 aliphatic carbocycles. The second kappa shape index (κ2) is 3.18. The van der Waals surface area contributed by atoms with E-state index in [1.165, 1.54) is 0 Å². The molecule has 3 heteroatoms. The molecule has 2 N–H and O–H groups in total. The van der Waals surface area contributed by atoms with Gasteiger partial charge in [0.2, 0.25) is 5.91 Å². The van der Waals surface area contributed by atoms with Crippen LogP contribution < -0.4 is 10.5 Å². The van der Waals surface area contributed by atoms with Gasteiger partial charge in [-0.1, -0.05) is 11.6 Å². The Morgan fingerprint density at radius 1 is 1.50 bits per heavy atom. The van der Waals surface area contributed by atoms with Crippen molar-refractivity contribution in [2.75, 3.05) is 6.61 Å². The predicted molar refractivity (Wildman–Crippen MR) is 53.8 cm³/mol. The molecule has 0 radical (unpaired) electrons. The Balaban J connectivity index is 2.47. The van der Waals surface area contributed by atoms with Crippen LogP contribution >= 0.6 is 0 Å². The number of aryl methyl sites for hydroxylation is 1. The molecule has 14 heavy (non-hydrogen) atoms. The van der Waals surface area contributed by atoms with Crippen molar-refractivity contribution in [1.29, 1.82) is 0 Å². The molecule has 1 aliphatic heterocycles. The summed E-state index contributed by atoms with van der Waals surface area (Å²) in [6.45, 7) is 2.26. The average molecular weight is 189 g/mol. The highest BCUT2D eigenvalue weighted by atomic mass is 16.5. The fraction of sp³-hybridized carbons (Fsp3) is 0.182. The Morgan fingerprint density at radius 3 is 3.00 bits per heavy atom. The Kier molecular flexibility index (Phi) is 2.00. The summed E-state index contributed by atoms with van der Waals surface area (Å²) >= 11 is 0. The van der Waals surface area contributed by atoms with Crippen LogP contribution in [-0.4, -0.2) is 12.5 Å². The molecule has 1 aromatic rings. The van der Waals surface area contributed by atoms with E-state index in [0.29, 0.717) is 5.57 Å². The Bertz CT molecular complexity index is 421. The molecular weight excluding hydrogens is 178 g/mol. The van der Waals surface area contributed by atoms with Crippen LogP contribution in [0.25, 0.3) is 6.08 Å². The standard InChI is InChI=1S/C11H11NO2/c1-7-2-3-10-8(4-7)5-9(6-14-10)11(12)13/h2-5H,6H2,1H3,(H2,12,13). The monoisotopic (exact) mass is 189 g/mol. The number of hydrogen-bond donors (Lipinski definition) is 1. The van der Waals surface area contributed by atoms with Gasteiger partial charge in [-0.25, -0.2) is 0 Å². The summed E-state index contributed by atoms with van der Waals surface area (Å²) in [5.41, 5.74) is 7.75. The predicted octanol–water partition coefficient (Wildman–Crippen LogP) is 1.26. The summed E-state index contributed by atoms with van der Waals surface area (Å²) in [6, 6.07) is 5.85. The van der Waals surface area contributed by atoms with E-state index in [9.17, 15) is 4.79 Å². The van der Waals surface area contributed by atoms with E-state index < -0.39 is 5.91 Å². The highest BCUT2D eigenvalue weighted by Gasteiger charge is 2.14. The average Bonchev–Trinajstić information content (AvgIpc) is 2.16. The van der Waals surface area contributed by atoms with Gasteiger partial charge in [0, 0.05) is 5.56 Å². The first-order valence-corrected chi connectivity index (χ1v) is 4.40. The summed E-state index contributed by atoms with van der Waals surface area (Å²) in [5, 5.41) is 0. The first kappa shape index (κ1) is 8.81. The lowest BCUT2D eigenvalue weighted by Gasteiger charge is -2.16. The summed E-state index contributed by atoms with van der Waals surface area (Å²) < 4.78 is 5.38. The van der Waals surface area contributed by atoms with Gasteiger partial charge >= 0.3 is 0 Å². The zero-order valence-electron chi connectivity index (χ0n) is 7.91. The quantitative estimate of drug-likeness (QED) is 0.723. The first-order chi connectivity index (χ1) is 6.66. The van der Waals surface area contributed by atoms with Crippen LogP contribution in [0.5, 0.6) is 5.75 Å². The molecule has 1 heterocycles. The number of fused-ring (bicyclic) bond motifs is 1. The molecule has 72 valence electrons. The normalized spacial score (nSPS) is 13.9. The van der Waals surface area contributed by atoms with Crippen LogP contribution in [0.1, 0.15) is 11.1 Å². The molecule has 0 atom stereocenters. The second-order valence-corrected chi connectivity index (χ2v) is 3.36. The van der Waals surface area contributed by atoms with Crippen LogP contribution in [0.4, 0.5) is 0 Å². The van der Waals surface area contributed by atoms with Gasteiger partial charge in [-0.3, -0.25) is 4.79 Å². The fourth-order valence-corrected chi connectivity index (χ4v) is 1.44. The lowest BCUT2D eigenvalue weighted by Crippen LogP contribution is -2.21. The van der Waals surface area contributed by atoms with Crippen molar-refractivity contribution in [1.82, 2.24) is 0 Å². The largest absolute Gasteiger partial charge is 0.488 e. The minimum absolute atomic E-state index is 0.269. The molecule has 0 bridgehead atoms. The maximum atomic E-state index is 10.9. The summed E-state index contributed by atoms with van der Waals surface area (Å²) in [5.74, 6) is 0.387. The van der Waals surface area contributed by atoms with Crippen LogP contribution in [0.2, 0.25) is 0 Å². The van der Waals surface area contributed by atoms with Crippen LogP contribution in [-0.2, 0) is 4.79 Å². The lowest BCUT2D eigenvalue weighted by atomic mass is 10.0. The van der Waals surface area contributed by atoms with E-state index in [-0.39, 0.29) is 6.61 Å². The van der Waals surface area contributed by atoms with Crippen molar-refractivity contribution in [3.8, 4) is 5.75 Å². The van der Waals surface area contributed by atoms with Gasteiger partial charge in [0.25, 0.3) is 0 Å². The van der Waals surface area contributed by atoms with Gasteiger partial charge in [-0.15, -0.1) is 0 Å². The number of amides is 1. The van der Waals surface area contributed by atoms with Gasteiger partial charge in [0.15, 0.2) is 0 Å². The molecule has 1 aromatic carbocycles. The number of hydrogen-bond acceptors (Lipinski definition) is 2. The Morgan fingerprint density at radius 2 is 2.29 bits per heavy atom. The maximum absolute atomic E-state index is 10.9. The molecule has 2 rings (SSSR count). The third-order valence-electron chi connectivity index (χ3n) is 2.19. The van der Waals surface area contributed by atoms with E-state index in [2.05, 4.69) is 0 Å². The third kappa shape index (κ3) is 1.48. The van der Waals surface area contributed by atoms with Crippen LogP contribution in [0.3, 0.4) is 0 Å². The van der Waals surface area contributed by atoms with E-state index in [0.717, 1.165) is 16.9 Å². The van der Waals surface area contributed by atoms with Crippen molar-refractivity contribution >= 4 is 12.0 Å². The van der Waals surface area contributed by atoms with Gasteiger partial charge in [-0.2, -0.15) is 0 Å². The molecule has 0 fully saturated rings. The maximum Gasteiger partial charge on any atom is 0.248 e. The van der Waals surface area contributed by atoms with Crippen LogP contribution in [0, 0.1) is 6.92 Å². The molecular formula is C11H11NO2. The number of primary amides is 1. The van der Waals surface area contributed by atoms with E-state index >= 15 is 0 Å². The smallest absolute Gasteiger partial charge is 0.248 e. The van der Waals surface area contributed by atoms with Gasteiger partial charge < -0.3 is 10.5 Å². The van der Waals surface area contributed by atoms with Crippen molar-refractivity contribution in [2.45, 2.75) is 6.92 Å². The second-order valence-electron chi connectivity index (χ2n) is 3.36.